The van der Waals surface area contributed by atoms with Gasteiger partial charge in [0.05, 0.1) is 39.0 Å². The van der Waals surface area contributed by atoms with E-state index in [1.54, 1.807) is 48.5 Å². The Morgan fingerprint density at radius 2 is 1.82 bits per heavy atom. The maximum absolute atomic E-state index is 13.4. The van der Waals surface area contributed by atoms with Gasteiger partial charge >= 0.3 is 0 Å². The molecule has 9 nitrogen and oxygen atoms in total. The molecule has 38 heavy (non-hydrogen) atoms. The summed E-state index contributed by atoms with van der Waals surface area (Å²) in [5.74, 6) is -0.197. The molecule has 0 aliphatic carbocycles. The number of nitrogens with zero attached hydrogens (tertiary/aromatic N) is 2. The van der Waals surface area contributed by atoms with Crippen LogP contribution in [0.15, 0.2) is 60.7 Å². The molecule has 0 radical (unpaired) electrons. The first-order valence-electron chi connectivity index (χ1n) is 12.6. The molecule has 1 N–H and O–H groups in total. The van der Waals surface area contributed by atoms with E-state index in [0.717, 1.165) is 19.6 Å². The molecule has 2 aromatic carbocycles. The van der Waals surface area contributed by atoms with Crippen LogP contribution in [-0.4, -0.2) is 86.8 Å². The van der Waals surface area contributed by atoms with Crippen molar-refractivity contribution in [3.05, 3.63) is 71.8 Å². The maximum Gasteiger partial charge on any atom is 0.295 e. The van der Waals surface area contributed by atoms with E-state index in [2.05, 4.69) is 11.5 Å². The summed E-state index contributed by atoms with van der Waals surface area (Å²) in [6.07, 6.45) is 2.29. The van der Waals surface area contributed by atoms with E-state index in [4.69, 9.17) is 18.9 Å². The van der Waals surface area contributed by atoms with E-state index in [0.29, 0.717) is 61.2 Å². The molecule has 1 unspecified atom stereocenters. The Morgan fingerprint density at radius 3 is 2.47 bits per heavy atom. The molecule has 0 bridgehead atoms. The molecule has 2 saturated heterocycles. The Kier molecular flexibility index (Phi) is 9.04. The summed E-state index contributed by atoms with van der Waals surface area (Å²) in [7, 11) is 3.03. The van der Waals surface area contributed by atoms with Gasteiger partial charge in [-0.15, -0.1) is 0 Å². The zero-order valence-corrected chi connectivity index (χ0v) is 21.9. The van der Waals surface area contributed by atoms with Crippen molar-refractivity contribution in [1.82, 2.24) is 9.80 Å². The number of para-hydroxylation sites is 1. The van der Waals surface area contributed by atoms with Gasteiger partial charge < -0.3 is 29.0 Å². The lowest BCUT2D eigenvalue weighted by Gasteiger charge is -2.30. The highest BCUT2D eigenvalue weighted by atomic mass is 16.5. The van der Waals surface area contributed by atoms with E-state index in [-0.39, 0.29) is 11.3 Å². The third kappa shape index (κ3) is 5.69. The first-order chi connectivity index (χ1) is 18.5. The van der Waals surface area contributed by atoms with Crippen LogP contribution in [-0.2, 0) is 14.3 Å². The summed E-state index contributed by atoms with van der Waals surface area (Å²) < 4.78 is 22.1. The number of likely N-dealkylation sites (tertiary alicyclic amines) is 1. The van der Waals surface area contributed by atoms with E-state index in [1.165, 1.54) is 19.1 Å². The lowest BCUT2D eigenvalue weighted by Crippen LogP contribution is -2.39. The van der Waals surface area contributed by atoms with Crippen LogP contribution in [0.4, 0.5) is 0 Å². The molecule has 0 saturated carbocycles. The summed E-state index contributed by atoms with van der Waals surface area (Å²) >= 11 is 0. The molecular weight excluding hydrogens is 488 g/mol. The molecule has 9 heteroatoms. The number of methoxy groups -OCH3 is 2. The Hall–Kier alpha value is -3.82. The average Bonchev–Trinajstić information content (AvgIpc) is 3.21. The molecule has 2 aromatic rings. The third-order valence-electron chi connectivity index (χ3n) is 6.74. The monoisotopic (exact) mass is 522 g/mol. The van der Waals surface area contributed by atoms with Crippen LogP contribution in [0, 0.1) is 0 Å². The minimum Gasteiger partial charge on any atom is -0.507 e. The van der Waals surface area contributed by atoms with Crippen molar-refractivity contribution in [3.8, 4) is 17.2 Å². The summed E-state index contributed by atoms with van der Waals surface area (Å²) in [5, 5.41) is 11.4. The number of Topliss-reactive ketones (excluding diaryl/α,β-unsaturated/α-hetero) is 1. The Morgan fingerprint density at radius 1 is 1.08 bits per heavy atom. The zero-order chi connectivity index (χ0) is 27.1. The molecule has 2 aliphatic rings. The lowest BCUT2D eigenvalue weighted by molar-refractivity contribution is -0.140. The minimum absolute atomic E-state index is 0.00712. The summed E-state index contributed by atoms with van der Waals surface area (Å²) in [5.41, 5.74) is 0.965. The average molecular weight is 523 g/mol. The second-order valence-corrected chi connectivity index (χ2v) is 9.01. The molecule has 2 fully saturated rings. The van der Waals surface area contributed by atoms with Crippen molar-refractivity contribution >= 4 is 17.4 Å². The predicted octanol–water partition coefficient (Wildman–Crippen LogP) is 3.41. The number of benzene rings is 2. The number of hydrogen-bond acceptors (Lipinski definition) is 8. The van der Waals surface area contributed by atoms with Gasteiger partial charge in [0, 0.05) is 37.3 Å². The highest BCUT2D eigenvalue weighted by Gasteiger charge is 2.47. The zero-order valence-electron chi connectivity index (χ0n) is 21.9. The topological polar surface area (TPSA) is 97.8 Å². The molecule has 2 heterocycles. The fraction of sp³-hybridized carbons (Fsp3) is 0.379. The van der Waals surface area contributed by atoms with Crippen molar-refractivity contribution < 1.29 is 33.6 Å². The van der Waals surface area contributed by atoms with Crippen molar-refractivity contribution in [2.45, 2.75) is 12.5 Å². The van der Waals surface area contributed by atoms with Gasteiger partial charge in [-0.3, -0.25) is 14.5 Å². The molecular formula is C29H34N2O7. The Balaban J connectivity index is 1.72. The van der Waals surface area contributed by atoms with Crippen LogP contribution < -0.4 is 14.2 Å². The smallest absolute Gasteiger partial charge is 0.295 e. The number of ketones is 1. The van der Waals surface area contributed by atoms with Gasteiger partial charge in [0.2, 0.25) is 0 Å². The second kappa shape index (κ2) is 12.6. The van der Waals surface area contributed by atoms with Crippen LogP contribution in [0.1, 0.15) is 23.6 Å². The summed E-state index contributed by atoms with van der Waals surface area (Å²) in [6.45, 7) is 8.10. The van der Waals surface area contributed by atoms with E-state index in [9.17, 15) is 14.7 Å². The van der Waals surface area contributed by atoms with Gasteiger partial charge in [0.1, 0.15) is 18.1 Å². The molecule has 1 amide bonds. The highest BCUT2D eigenvalue weighted by Crippen LogP contribution is 2.45. The number of carbonyl (C=O) groups is 2. The molecule has 2 aliphatic heterocycles. The number of aliphatic hydroxyl groups excluding tert-OH is 1. The largest absolute Gasteiger partial charge is 0.507 e. The highest BCUT2D eigenvalue weighted by molar-refractivity contribution is 6.46. The number of rotatable bonds is 11. The first kappa shape index (κ1) is 27.2. The number of hydrogen-bond donors (Lipinski definition) is 1. The van der Waals surface area contributed by atoms with Crippen molar-refractivity contribution in [3.63, 3.8) is 0 Å². The number of aliphatic hydroxyl groups is 1. The normalized spacial score (nSPS) is 19.4. The molecule has 0 spiro atoms. The molecule has 4 rings (SSSR count). The van der Waals surface area contributed by atoms with Gasteiger partial charge in [-0.05, 0) is 36.8 Å². The van der Waals surface area contributed by atoms with Gasteiger partial charge in [-0.2, -0.15) is 0 Å². The summed E-state index contributed by atoms with van der Waals surface area (Å²) in [6, 6.07) is 11.1. The van der Waals surface area contributed by atoms with Gasteiger partial charge in [-0.1, -0.05) is 24.8 Å². The van der Waals surface area contributed by atoms with Crippen LogP contribution in [0.5, 0.6) is 17.2 Å². The quantitative estimate of drug-likeness (QED) is 0.208. The van der Waals surface area contributed by atoms with Crippen LogP contribution in [0.2, 0.25) is 0 Å². The Labute approximate surface area is 222 Å². The van der Waals surface area contributed by atoms with Gasteiger partial charge in [0.15, 0.2) is 11.5 Å². The minimum atomic E-state index is -0.846. The van der Waals surface area contributed by atoms with E-state index in [1.807, 2.05) is 0 Å². The van der Waals surface area contributed by atoms with Crippen molar-refractivity contribution in [2.24, 2.45) is 0 Å². The van der Waals surface area contributed by atoms with Crippen molar-refractivity contribution in [1.29, 1.82) is 0 Å². The van der Waals surface area contributed by atoms with Crippen LogP contribution in [0.3, 0.4) is 0 Å². The third-order valence-corrected chi connectivity index (χ3v) is 6.74. The first-order valence-corrected chi connectivity index (χ1v) is 12.6. The predicted molar refractivity (Wildman–Crippen MR) is 143 cm³/mol. The van der Waals surface area contributed by atoms with Gasteiger partial charge in [-0.25, -0.2) is 0 Å². The van der Waals surface area contributed by atoms with E-state index < -0.39 is 17.7 Å². The fourth-order valence-corrected chi connectivity index (χ4v) is 4.87. The number of morpholine rings is 1. The van der Waals surface area contributed by atoms with Crippen molar-refractivity contribution in [2.75, 3.05) is 60.2 Å². The molecule has 202 valence electrons. The molecule has 1 atom stereocenters. The fourth-order valence-electron chi connectivity index (χ4n) is 4.87. The molecule has 0 aromatic heterocycles. The number of amides is 1. The maximum atomic E-state index is 13.4. The Bertz CT molecular complexity index is 1190. The van der Waals surface area contributed by atoms with Crippen LogP contribution in [0.25, 0.3) is 5.76 Å². The number of carbonyl (C=O) groups excluding carboxylic acids is 2. The standard InChI is InChI=1S/C29H34N2O7/c1-4-17-38-21-11-9-20(10-12-21)26(32)24-25(22-7-5-8-23(35-2)28(22)36-3)31(29(34)27(24)33)14-6-13-30-15-18-37-19-16-30/h4-5,7-12,25,32H,1,6,13-19H2,2-3H3/b26-24+. The summed E-state index contributed by atoms with van der Waals surface area (Å²) in [4.78, 5) is 30.5. The SMILES string of the molecule is C=CCOc1ccc(/C(O)=C2\C(=O)C(=O)N(CCCN3CCOCC3)C2c2cccc(OC)c2OC)cc1. The second-order valence-electron chi connectivity index (χ2n) is 9.01. The van der Waals surface area contributed by atoms with E-state index >= 15 is 0 Å². The van der Waals surface area contributed by atoms with Gasteiger partial charge in [0.25, 0.3) is 11.7 Å². The number of ether oxygens (including phenoxy) is 4. The lowest BCUT2D eigenvalue weighted by atomic mass is 9.94. The van der Waals surface area contributed by atoms with Crippen LogP contribution >= 0.6 is 0 Å².